The highest BCUT2D eigenvalue weighted by molar-refractivity contribution is 5.34. The molecule has 0 bridgehead atoms. The molecule has 1 aromatic rings. The number of rotatable bonds is 3. The van der Waals surface area contributed by atoms with Crippen LogP contribution in [0.3, 0.4) is 0 Å². The van der Waals surface area contributed by atoms with Gasteiger partial charge in [-0.15, -0.1) is 0 Å². The van der Waals surface area contributed by atoms with Gasteiger partial charge in [-0.1, -0.05) is 45.9 Å². The van der Waals surface area contributed by atoms with Crippen LogP contribution in [0.4, 0.5) is 0 Å². The minimum Gasteiger partial charge on any atom is -0.0648 e. The van der Waals surface area contributed by atoms with E-state index in [-0.39, 0.29) is 0 Å². The first-order valence-electron chi connectivity index (χ1n) is 5.66. The summed E-state index contributed by atoms with van der Waals surface area (Å²) >= 11 is 0. The molecule has 0 amide bonds. The molecule has 0 saturated heterocycles. The van der Waals surface area contributed by atoms with Crippen LogP contribution in [0.15, 0.2) is 18.2 Å². The van der Waals surface area contributed by atoms with Crippen LogP contribution in [0.5, 0.6) is 0 Å². The van der Waals surface area contributed by atoms with Crippen LogP contribution in [-0.4, -0.2) is 0 Å². The van der Waals surface area contributed by atoms with Crippen LogP contribution < -0.4 is 0 Å². The first-order chi connectivity index (χ1) is 6.56. The van der Waals surface area contributed by atoms with Gasteiger partial charge < -0.3 is 0 Å². The van der Waals surface area contributed by atoms with Gasteiger partial charge >= 0.3 is 0 Å². The van der Waals surface area contributed by atoms with E-state index >= 15 is 0 Å². The maximum Gasteiger partial charge on any atom is -0.0190 e. The summed E-state index contributed by atoms with van der Waals surface area (Å²) in [5, 5.41) is 0. The zero-order valence-electron chi connectivity index (χ0n) is 10.1. The average Bonchev–Trinajstić information content (AvgIpc) is 2.16. The van der Waals surface area contributed by atoms with Crippen LogP contribution in [0.25, 0.3) is 0 Å². The van der Waals surface area contributed by atoms with E-state index < -0.39 is 0 Å². The van der Waals surface area contributed by atoms with E-state index in [1.165, 1.54) is 23.1 Å². The summed E-state index contributed by atoms with van der Waals surface area (Å²) < 4.78 is 0. The van der Waals surface area contributed by atoms with Gasteiger partial charge in [0.2, 0.25) is 0 Å². The largest absolute Gasteiger partial charge is 0.0648 e. The quantitative estimate of drug-likeness (QED) is 0.651. The zero-order valence-corrected chi connectivity index (χ0v) is 10.1. The molecule has 1 aromatic carbocycles. The molecule has 78 valence electrons. The van der Waals surface area contributed by atoms with E-state index in [1.807, 2.05) is 0 Å². The van der Waals surface area contributed by atoms with Crippen molar-refractivity contribution in [3.63, 3.8) is 0 Å². The predicted octanol–water partition coefficient (Wildman–Crippen LogP) is 4.63. The van der Waals surface area contributed by atoms with Gasteiger partial charge in [0.15, 0.2) is 0 Å². The molecule has 14 heavy (non-hydrogen) atoms. The smallest absolute Gasteiger partial charge is 0.0190 e. The molecule has 0 saturated carbocycles. The summed E-state index contributed by atoms with van der Waals surface area (Å²) in [4.78, 5) is 0. The fourth-order valence-electron chi connectivity index (χ4n) is 1.83. The molecule has 0 heteroatoms. The van der Waals surface area contributed by atoms with Gasteiger partial charge in [-0.05, 0) is 41.9 Å². The van der Waals surface area contributed by atoms with Crippen molar-refractivity contribution >= 4 is 0 Å². The van der Waals surface area contributed by atoms with Gasteiger partial charge in [0.25, 0.3) is 0 Å². The van der Waals surface area contributed by atoms with Gasteiger partial charge in [0.05, 0.1) is 0 Å². The second-order valence-electron chi connectivity index (χ2n) is 4.58. The molecule has 0 aliphatic carbocycles. The van der Waals surface area contributed by atoms with Crippen LogP contribution >= 0.6 is 0 Å². The van der Waals surface area contributed by atoms with E-state index in [0.29, 0.717) is 11.8 Å². The maximum absolute atomic E-state index is 2.34. The van der Waals surface area contributed by atoms with Crippen molar-refractivity contribution < 1.29 is 0 Å². The molecule has 0 radical (unpaired) electrons. The second-order valence-corrected chi connectivity index (χ2v) is 4.58. The summed E-state index contributed by atoms with van der Waals surface area (Å²) in [6.07, 6.45) is 1.22. The monoisotopic (exact) mass is 190 g/mol. The van der Waals surface area contributed by atoms with Crippen molar-refractivity contribution in [1.82, 2.24) is 0 Å². The molecule has 1 rings (SSSR count). The Morgan fingerprint density at radius 1 is 1.14 bits per heavy atom. The Labute approximate surface area is 88.4 Å². The molecule has 0 aromatic heterocycles. The van der Waals surface area contributed by atoms with Crippen LogP contribution in [0.1, 0.15) is 62.6 Å². The van der Waals surface area contributed by atoms with Crippen molar-refractivity contribution in [3.8, 4) is 0 Å². The SMILES string of the molecule is CCC(C)c1ccc(C(C)C)cc1C. The zero-order chi connectivity index (χ0) is 10.7. The number of benzene rings is 1. The molecular formula is C14H22. The van der Waals surface area contributed by atoms with E-state index in [9.17, 15) is 0 Å². The first kappa shape index (κ1) is 11.3. The van der Waals surface area contributed by atoms with E-state index in [1.54, 1.807) is 0 Å². The minimum absolute atomic E-state index is 0.639. The van der Waals surface area contributed by atoms with E-state index in [4.69, 9.17) is 0 Å². The second kappa shape index (κ2) is 4.63. The topological polar surface area (TPSA) is 0 Å². The maximum atomic E-state index is 2.34. The Morgan fingerprint density at radius 3 is 2.21 bits per heavy atom. The van der Waals surface area contributed by atoms with Crippen molar-refractivity contribution in [2.45, 2.75) is 52.9 Å². The standard InChI is InChI=1S/C14H22/c1-6-11(4)14-8-7-13(10(2)3)9-12(14)5/h7-11H,6H2,1-5H3. The van der Waals surface area contributed by atoms with Gasteiger partial charge in [0, 0.05) is 0 Å². The summed E-state index contributed by atoms with van der Waals surface area (Å²) in [7, 11) is 0. The molecule has 0 nitrogen and oxygen atoms in total. The molecule has 1 atom stereocenters. The molecule has 0 N–H and O–H groups in total. The number of aryl methyl sites for hydroxylation is 1. The Balaban J connectivity index is 3.01. The third kappa shape index (κ3) is 2.37. The summed E-state index contributed by atoms with van der Waals surface area (Å²) in [6.45, 7) is 11.3. The van der Waals surface area contributed by atoms with Crippen LogP contribution in [0.2, 0.25) is 0 Å². The lowest BCUT2D eigenvalue weighted by Crippen LogP contribution is -1.97. The Bertz CT molecular complexity index is 297. The highest BCUT2D eigenvalue weighted by Gasteiger charge is 2.07. The third-order valence-electron chi connectivity index (χ3n) is 3.10. The van der Waals surface area contributed by atoms with Gasteiger partial charge in [-0.25, -0.2) is 0 Å². The molecular weight excluding hydrogens is 168 g/mol. The Morgan fingerprint density at radius 2 is 1.79 bits per heavy atom. The minimum atomic E-state index is 0.639. The molecule has 0 spiro atoms. The fraction of sp³-hybridized carbons (Fsp3) is 0.571. The van der Waals surface area contributed by atoms with Crippen molar-refractivity contribution in [3.05, 3.63) is 34.9 Å². The number of hydrogen-bond acceptors (Lipinski definition) is 0. The summed E-state index contributed by atoms with van der Waals surface area (Å²) in [5.41, 5.74) is 4.41. The lowest BCUT2D eigenvalue weighted by atomic mass is 9.91. The van der Waals surface area contributed by atoms with E-state index in [2.05, 4.69) is 52.8 Å². The molecule has 1 unspecified atom stereocenters. The molecule has 0 aliphatic rings. The molecule has 0 aliphatic heterocycles. The van der Waals surface area contributed by atoms with Crippen molar-refractivity contribution in [1.29, 1.82) is 0 Å². The Kier molecular flexibility index (Phi) is 3.74. The highest BCUT2D eigenvalue weighted by atomic mass is 14.1. The highest BCUT2D eigenvalue weighted by Crippen LogP contribution is 2.25. The molecule has 0 fully saturated rings. The van der Waals surface area contributed by atoms with Gasteiger partial charge in [-0.3, -0.25) is 0 Å². The summed E-state index contributed by atoms with van der Waals surface area (Å²) in [6, 6.07) is 6.92. The predicted molar refractivity (Wildman–Crippen MR) is 64.0 cm³/mol. The lowest BCUT2D eigenvalue weighted by molar-refractivity contribution is 0.726. The lowest BCUT2D eigenvalue weighted by Gasteiger charge is -2.15. The Hall–Kier alpha value is -0.780. The van der Waals surface area contributed by atoms with Crippen LogP contribution in [-0.2, 0) is 0 Å². The van der Waals surface area contributed by atoms with Crippen molar-refractivity contribution in [2.75, 3.05) is 0 Å². The normalized spacial score (nSPS) is 13.3. The summed E-state index contributed by atoms with van der Waals surface area (Å²) in [5.74, 6) is 1.33. The van der Waals surface area contributed by atoms with Crippen LogP contribution in [0, 0.1) is 6.92 Å². The molecule has 0 heterocycles. The number of hydrogen-bond donors (Lipinski definition) is 0. The van der Waals surface area contributed by atoms with E-state index in [0.717, 1.165) is 0 Å². The van der Waals surface area contributed by atoms with Gasteiger partial charge in [-0.2, -0.15) is 0 Å². The first-order valence-corrected chi connectivity index (χ1v) is 5.66. The average molecular weight is 190 g/mol. The van der Waals surface area contributed by atoms with Crippen molar-refractivity contribution in [2.24, 2.45) is 0 Å². The third-order valence-corrected chi connectivity index (χ3v) is 3.10. The van der Waals surface area contributed by atoms with Gasteiger partial charge in [0.1, 0.15) is 0 Å². The fourth-order valence-corrected chi connectivity index (χ4v) is 1.83.